The molecule has 1 aromatic heterocycles. The summed E-state index contributed by atoms with van der Waals surface area (Å²) in [6.07, 6.45) is 2.15. The maximum absolute atomic E-state index is 11.5. The van der Waals surface area contributed by atoms with Crippen LogP contribution >= 0.6 is 11.3 Å². The second-order valence-electron chi connectivity index (χ2n) is 6.17. The minimum Gasteiger partial charge on any atom is -0.444 e. The molecule has 0 aliphatic rings. The smallest absolute Gasteiger partial charge is 0.407 e. The number of alkyl carbamates (subject to hydrolysis) is 1. The minimum atomic E-state index is -0.488. The van der Waals surface area contributed by atoms with Crippen LogP contribution in [0, 0.1) is 0 Å². The van der Waals surface area contributed by atoms with E-state index in [-0.39, 0.29) is 6.04 Å². The van der Waals surface area contributed by atoms with Gasteiger partial charge in [-0.2, -0.15) is 0 Å². The monoisotopic (exact) mass is 299 g/mol. The summed E-state index contributed by atoms with van der Waals surface area (Å²) in [7, 11) is 0. The van der Waals surface area contributed by atoms with Crippen molar-refractivity contribution in [2.75, 3.05) is 6.54 Å². The first kappa shape index (κ1) is 16.9. The molecular weight excluding hydrogens is 274 g/mol. The highest BCUT2D eigenvalue weighted by Crippen LogP contribution is 2.21. The molecule has 1 unspecified atom stereocenters. The third-order valence-electron chi connectivity index (χ3n) is 2.44. The van der Waals surface area contributed by atoms with E-state index in [1.807, 2.05) is 27.0 Å². The Bertz CT molecular complexity index is 438. The molecule has 0 radical (unpaired) electrons. The molecule has 114 valence electrons. The average Bonchev–Trinajstić information content (AvgIpc) is 2.72. The van der Waals surface area contributed by atoms with Gasteiger partial charge in [0.25, 0.3) is 0 Å². The highest BCUT2D eigenvalue weighted by atomic mass is 32.1. The molecule has 0 spiro atoms. The van der Waals surface area contributed by atoms with Crippen molar-refractivity contribution in [3.63, 3.8) is 0 Å². The van der Waals surface area contributed by atoms with Crippen molar-refractivity contribution < 1.29 is 9.53 Å². The van der Waals surface area contributed by atoms with Gasteiger partial charge in [-0.3, -0.25) is 0 Å². The zero-order chi connectivity index (χ0) is 15.3. The minimum absolute atomic E-state index is 0.136. The zero-order valence-electron chi connectivity index (χ0n) is 12.9. The fraction of sp³-hybridized carbons (Fsp3) is 0.714. The maximum Gasteiger partial charge on any atom is 0.407 e. The van der Waals surface area contributed by atoms with E-state index >= 15 is 0 Å². The molecule has 0 saturated carbocycles. The number of hydrogen-bond acceptors (Lipinski definition) is 5. The largest absolute Gasteiger partial charge is 0.444 e. The number of nitrogens with zero attached hydrogens (tertiary/aromatic N) is 1. The van der Waals surface area contributed by atoms with E-state index in [2.05, 4.69) is 24.1 Å². The van der Waals surface area contributed by atoms with Crippen LogP contribution < -0.4 is 11.1 Å². The molecule has 20 heavy (non-hydrogen) atoms. The van der Waals surface area contributed by atoms with E-state index < -0.39 is 11.7 Å². The highest BCUT2D eigenvalue weighted by molar-refractivity contribution is 7.11. The molecule has 0 saturated heterocycles. The first-order chi connectivity index (χ1) is 9.17. The van der Waals surface area contributed by atoms with Gasteiger partial charge in [0, 0.05) is 36.0 Å². The third kappa shape index (κ3) is 6.34. The molecule has 0 aliphatic heterocycles. The van der Waals surface area contributed by atoms with E-state index in [1.54, 1.807) is 11.3 Å². The Labute approximate surface area is 124 Å². The van der Waals surface area contributed by atoms with Gasteiger partial charge in [-0.05, 0) is 20.8 Å². The summed E-state index contributed by atoms with van der Waals surface area (Å²) in [4.78, 5) is 17.0. The van der Waals surface area contributed by atoms with Crippen molar-refractivity contribution in [1.29, 1.82) is 0 Å². The quantitative estimate of drug-likeness (QED) is 0.876. The molecule has 0 aliphatic carbocycles. The Morgan fingerprint density at radius 1 is 1.50 bits per heavy atom. The van der Waals surface area contributed by atoms with Crippen LogP contribution in [0.15, 0.2) is 6.20 Å². The topological polar surface area (TPSA) is 77.2 Å². The molecule has 0 fully saturated rings. The van der Waals surface area contributed by atoms with Gasteiger partial charge in [0.05, 0.1) is 5.01 Å². The number of ether oxygens (including phenoxy) is 1. The van der Waals surface area contributed by atoms with Gasteiger partial charge >= 0.3 is 6.09 Å². The molecular formula is C14H25N3O2S. The summed E-state index contributed by atoms with van der Waals surface area (Å²) < 4.78 is 5.16. The molecule has 6 heteroatoms. The molecule has 0 aromatic carbocycles. The molecule has 0 bridgehead atoms. The average molecular weight is 299 g/mol. The van der Waals surface area contributed by atoms with Crippen LogP contribution in [0.2, 0.25) is 0 Å². The van der Waals surface area contributed by atoms with Crippen molar-refractivity contribution in [1.82, 2.24) is 10.3 Å². The molecule has 1 rings (SSSR count). The van der Waals surface area contributed by atoms with Crippen LogP contribution in [0.4, 0.5) is 4.79 Å². The van der Waals surface area contributed by atoms with Gasteiger partial charge in [0.1, 0.15) is 5.60 Å². The Morgan fingerprint density at radius 2 is 2.15 bits per heavy atom. The fourth-order valence-corrected chi connectivity index (χ4v) is 2.56. The van der Waals surface area contributed by atoms with Crippen molar-refractivity contribution >= 4 is 17.4 Å². The number of hydrogen-bond donors (Lipinski definition) is 2. The summed E-state index contributed by atoms with van der Waals surface area (Å²) in [6, 6.07) is -0.136. The second kappa shape index (κ2) is 7.04. The van der Waals surface area contributed by atoms with Gasteiger partial charge in [0.2, 0.25) is 0 Å². The van der Waals surface area contributed by atoms with Crippen LogP contribution in [-0.4, -0.2) is 29.3 Å². The summed E-state index contributed by atoms with van der Waals surface area (Å²) in [5, 5.41) is 3.80. The maximum atomic E-state index is 11.5. The van der Waals surface area contributed by atoms with Gasteiger partial charge in [-0.15, -0.1) is 11.3 Å². The van der Waals surface area contributed by atoms with Gasteiger partial charge in [-0.25, -0.2) is 9.78 Å². The van der Waals surface area contributed by atoms with Crippen LogP contribution in [-0.2, 0) is 11.2 Å². The number of carbonyl (C=O) groups excluding carboxylic acids is 1. The molecule has 5 nitrogen and oxygen atoms in total. The molecule has 1 aromatic rings. The standard InChI is InChI=1S/C14H25N3O2S/c1-9(2)12-16-8-11(20-12)6-10(15)7-17-13(18)19-14(3,4)5/h8-10H,6-7,15H2,1-5H3,(H,17,18). The van der Waals surface area contributed by atoms with Crippen molar-refractivity contribution in [2.45, 2.75) is 58.6 Å². The number of thiazole rings is 1. The number of rotatable bonds is 5. The van der Waals surface area contributed by atoms with E-state index in [1.165, 1.54) is 0 Å². The van der Waals surface area contributed by atoms with E-state index in [0.717, 1.165) is 9.88 Å². The van der Waals surface area contributed by atoms with E-state index in [0.29, 0.717) is 18.9 Å². The van der Waals surface area contributed by atoms with Gasteiger partial charge in [0.15, 0.2) is 0 Å². The highest BCUT2D eigenvalue weighted by Gasteiger charge is 2.17. The number of amides is 1. The Hall–Kier alpha value is -1.14. The first-order valence-electron chi connectivity index (χ1n) is 6.84. The Balaban J connectivity index is 2.36. The zero-order valence-corrected chi connectivity index (χ0v) is 13.7. The summed E-state index contributed by atoms with van der Waals surface area (Å²) in [6.45, 7) is 10.1. The predicted molar refractivity (Wildman–Crippen MR) is 82.1 cm³/mol. The lowest BCUT2D eigenvalue weighted by molar-refractivity contribution is 0.0524. The van der Waals surface area contributed by atoms with Crippen LogP contribution in [0.5, 0.6) is 0 Å². The van der Waals surface area contributed by atoms with E-state index in [9.17, 15) is 4.79 Å². The number of nitrogens with one attached hydrogen (secondary N) is 1. The second-order valence-corrected chi connectivity index (χ2v) is 7.31. The summed E-state index contributed by atoms with van der Waals surface area (Å²) in [5.41, 5.74) is 5.52. The van der Waals surface area contributed by atoms with E-state index in [4.69, 9.17) is 10.5 Å². The Morgan fingerprint density at radius 3 is 2.65 bits per heavy atom. The molecule has 1 atom stereocenters. The van der Waals surface area contributed by atoms with Gasteiger partial charge < -0.3 is 15.8 Å². The SMILES string of the molecule is CC(C)c1ncc(CC(N)CNC(=O)OC(C)(C)C)s1. The number of aromatic nitrogens is 1. The normalized spacial score (nSPS) is 13.3. The van der Waals surface area contributed by atoms with Crippen molar-refractivity contribution in [3.05, 3.63) is 16.1 Å². The summed E-state index contributed by atoms with van der Waals surface area (Å²) in [5.74, 6) is 0.435. The Kier molecular flexibility index (Phi) is 5.95. The van der Waals surface area contributed by atoms with Crippen molar-refractivity contribution in [2.24, 2.45) is 5.73 Å². The molecule has 3 N–H and O–H groups in total. The lowest BCUT2D eigenvalue weighted by atomic mass is 10.2. The number of carbonyl (C=O) groups is 1. The lowest BCUT2D eigenvalue weighted by Crippen LogP contribution is -2.40. The lowest BCUT2D eigenvalue weighted by Gasteiger charge is -2.20. The van der Waals surface area contributed by atoms with Crippen LogP contribution in [0.1, 0.15) is 50.4 Å². The molecule has 1 amide bonds. The molecule has 1 heterocycles. The van der Waals surface area contributed by atoms with Crippen LogP contribution in [0.25, 0.3) is 0 Å². The third-order valence-corrected chi connectivity index (χ3v) is 3.76. The number of nitrogens with two attached hydrogens (primary N) is 1. The first-order valence-corrected chi connectivity index (χ1v) is 7.66. The van der Waals surface area contributed by atoms with Crippen molar-refractivity contribution in [3.8, 4) is 0 Å². The predicted octanol–water partition coefficient (Wildman–Crippen LogP) is 2.66. The van der Waals surface area contributed by atoms with Gasteiger partial charge in [-0.1, -0.05) is 13.8 Å². The van der Waals surface area contributed by atoms with Crippen LogP contribution in [0.3, 0.4) is 0 Å². The fourth-order valence-electron chi connectivity index (χ4n) is 1.54. The summed E-state index contributed by atoms with van der Waals surface area (Å²) >= 11 is 1.68.